The molecule has 0 atom stereocenters. The van der Waals surface area contributed by atoms with Crippen LogP contribution in [-0.4, -0.2) is 43.0 Å². The van der Waals surface area contributed by atoms with E-state index in [1.807, 2.05) is 30.3 Å². The molecule has 0 aliphatic carbocycles. The van der Waals surface area contributed by atoms with E-state index in [0.29, 0.717) is 17.5 Å². The summed E-state index contributed by atoms with van der Waals surface area (Å²) < 4.78 is 71.7. The fraction of sp³-hybridized carbons (Fsp3) is 0.188. The number of carbonyl (C=O) groups excluding carboxylic acids is 1. The Kier molecular flexibility index (Phi) is 9.87. The van der Waals surface area contributed by atoms with Crippen molar-refractivity contribution in [3.63, 3.8) is 0 Å². The van der Waals surface area contributed by atoms with E-state index in [1.54, 1.807) is 30.3 Å². The zero-order valence-corrected chi connectivity index (χ0v) is 23.6. The van der Waals surface area contributed by atoms with Crippen LogP contribution in [0.5, 0.6) is 5.75 Å². The molecule has 1 N–H and O–H groups in total. The van der Waals surface area contributed by atoms with Crippen molar-refractivity contribution in [1.29, 1.82) is 0 Å². The summed E-state index contributed by atoms with van der Waals surface area (Å²) in [6, 6.07) is 26.8. The highest BCUT2D eigenvalue weighted by Crippen LogP contribution is 2.28. The van der Waals surface area contributed by atoms with E-state index < -0.39 is 27.9 Å². The number of hydrogen-bond donors (Lipinski definition) is 1. The van der Waals surface area contributed by atoms with Gasteiger partial charge in [-0.25, -0.2) is 13.2 Å². The summed E-state index contributed by atoms with van der Waals surface area (Å²) in [6.45, 7) is -0.238. The second kappa shape index (κ2) is 13.6. The molecule has 0 spiro atoms. The largest absolute Gasteiger partial charge is 0.488 e. The maximum absolute atomic E-state index is 13.3. The van der Waals surface area contributed by atoms with E-state index in [4.69, 9.17) is 4.74 Å². The predicted molar refractivity (Wildman–Crippen MR) is 152 cm³/mol. The molecule has 4 rings (SSSR count). The standard InChI is InChI=1S/C32H28F3NO6S/c33-32(34,35)31(39)36(21-24-8-3-1-4-9-24)19-7-12-23-13-15-26(16-14-23)43(40,41)27-17-18-29(28(20-27)30(37)38)42-22-25-10-5-2-6-11-25/h1-6,8-11,13-18,20H,7,12,19,21-22H2,(H,37,38). The van der Waals surface area contributed by atoms with Gasteiger partial charge in [0.1, 0.15) is 17.9 Å². The fourth-order valence-corrected chi connectivity index (χ4v) is 5.67. The zero-order chi connectivity index (χ0) is 31.0. The summed E-state index contributed by atoms with van der Waals surface area (Å²) in [5.41, 5.74) is 1.74. The average molecular weight is 612 g/mol. The summed E-state index contributed by atoms with van der Waals surface area (Å²) in [5.74, 6) is -3.24. The monoisotopic (exact) mass is 611 g/mol. The Morgan fingerprint density at radius 3 is 1.93 bits per heavy atom. The van der Waals surface area contributed by atoms with Gasteiger partial charge in [0.25, 0.3) is 0 Å². The van der Waals surface area contributed by atoms with Crippen LogP contribution in [0.1, 0.15) is 33.5 Å². The Morgan fingerprint density at radius 2 is 1.35 bits per heavy atom. The van der Waals surface area contributed by atoms with Crippen LogP contribution < -0.4 is 4.74 Å². The molecule has 224 valence electrons. The summed E-state index contributed by atoms with van der Waals surface area (Å²) in [6.07, 6.45) is -4.49. The minimum Gasteiger partial charge on any atom is -0.488 e. The van der Waals surface area contributed by atoms with Crippen molar-refractivity contribution in [2.45, 2.75) is 42.0 Å². The number of carboxylic acids is 1. The number of halogens is 3. The molecule has 4 aromatic rings. The number of aryl methyl sites for hydroxylation is 1. The first-order valence-electron chi connectivity index (χ1n) is 13.2. The van der Waals surface area contributed by atoms with Gasteiger partial charge >= 0.3 is 18.1 Å². The molecular formula is C32H28F3NO6S. The number of alkyl halides is 3. The van der Waals surface area contributed by atoms with E-state index in [2.05, 4.69) is 0 Å². The van der Waals surface area contributed by atoms with Crippen molar-refractivity contribution in [2.75, 3.05) is 6.54 Å². The second-order valence-electron chi connectivity index (χ2n) is 9.70. The van der Waals surface area contributed by atoms with Crippen LogP contribution in [-0.2, 0) is 34.2 Å². The third-order valence-corrected chi connectivity index (χ3v) is 8.37. The lowest BCUT2D eigenvalue weighted by Gasteiger charge is -2.24. The van der Waals surface area contributed by atoms with Crippen LogP contribution in [0.3, 0.4) is 0 Å². The van der Waals surface area contributed by atoms with Crippen LogP contribution in [0.15, 0.2) is 113 Å². The van der Waals surface area contributed by atoms with Crippen LogP contribution in [0.2, 0.25) is 0 Å². The van der Waals surface area contributed by atoms with Gasteiger partial charge in [0.2, 0.25) is 9.84 Å². The van der Waals surface area contributed by atoms with E-state index in [-0.39, 0.29) is 47.2 Å². The predicted octanol–water partition coefficient (Wildman–Crippen LogP) is 6.32. The van der Waals surface area contributed by atoms with Crippen molar-refractivity contribution < 1.29 is 41.0 Å². The lowest BCUT2D eigenvalue weighted by atomic mass is 10.1. The SMILES string of the molecule is O=C(O)c1cc(S(=O)(=O)c2ccc(CCCN(Cc3ccccc3)C(=O)C(F)(F)F)cc2)ccc1OCc1ccccc1. The molecule has 1 amide bonds. The number of rotatable bonds is 12. The van der Waals surface area contributed by atoms with Crippen LogP contribution in [0, 0.1) is 0 Å². The lowest BCUT2D eigenvalue weighted by molar-refractivity contribution is -0.186. The molecule has 0 aromatic heterocycles. The highest BCUT2D eigenvalue weighted by Gasteiger charge is 2.42. The van der Waals surface area contributed by atoms with Gasteiger partial charge in [-0.1, -0.05) is 72.8 Å². The number of ether oxygens (including phenoxy) is 1. The van der Waals surface area contributed by atoms with Gasteiger partial charge < -0.3 is 14.7 Å². The molecule has 43 heavy (non-hydrogen) atoms. The smallest absolute Gasteiger partial charge is 0.471 e. The minimum atomic E-state index is -5.00. The lowest BCUT2D eigenvalue weighted by Crippen LogP contribution is -2.41. The highest BCUT2D eigenvalue weighted by molar-refractivity contribution is 7.91. The minimum absolute atomic E-state index is 0.0240. The second-order valence-corrected chi connectivity index (χ2v) is 11.6. The van der Waals surface area contributed by atoms with Crippen LogP contribution >= 0.6 is 0 Å². The maximum Gasteiger partial charge on any atom is 0.471 e. The van der Waals surface area contributed by atoms with Gasteiger partial charge in [-0.3, -0.25) is 4.79 Å². The Labute approximate surface area is 247 Å². The maximum atomic E-state index is 13.3. The van der Waals surface area contributed by atoms with E-state index in [0.717, 1.165) is 16.5 Å². The summed E-state index contributed by atoms with van der Waals surface area (Å²) in [7, 11) is -4.09. The third-order valence-electron chi connectivity index (χ3n) is 6.60. The first-order valence-corrected chi connectivity index (χ1v) is 14.7. The number of aromatic carboxylic acids is 1. The molecule has 0 heterocycles. The number of sulfone groups is 1. The fourth-order valence-electron chi connectivity index (χ4n) is 4.39. The molecule has 0 fully saturated rings. The molecular weight excluding hydrogens is 583 g/mol. The molecule has 0 unspecified atom stereocenters. The van der Waals surface area contributed by atoms with Crippen LogP contribution in [0.4, 0.5) is 13.2 Å². The van der Waals surface area contributed by atoms with E-state index in [9.17, 15) is 36.3 Å². The van der Waals surface area contributed by atoms with Gasteiger partial charge in [0.05, 0.1) is 9.79 Å². The zero-order valence-electron chi connectivity index (χ0n) is 22.8. The van der Waals surface area contributed by atoms with Gasteiger partial charge in [0.15, 0.2) is 0 Å². The number of hydrogen-bond acceptors (Lipinski definition) is 5. The van der Waals surface area contributed by atoms with Crippen molar-refractivity contribution in [3.05, 3.63) is 125 Å². The van der Waals surface area contributed by atoms with Gasteiger partial charge in [-0.15, -0.1) is 0 Å². The Bertz CT molecular complexity index is 1660. The quantitative estimate of drug-likeness (QED) is 0.201. The third kappa shape index (κ3) is 8.23. The first kappa shape index (κ1) is 31.3. The number of nitrogens with zero attached hydrogens (tertiary/aromatic N) is 1. The van der Waals surface area contributed by atoms with Gasteiger partial charge in [-0.2, -0.15) is 13.2 Å². The van der Waals surface area contributed by atoms with Gasteiger partial charge in [0, 0.05) is 13.1 Å². The summed E-state index contributed by atoms with van der Waals surface area (Å²) in [5, 5.41) is 9.68. The molecule has 0 aliphatic heterocycles. The van der Waals surface area contributed by atoms with E-state index >= 15 is 0 Å². The summed E-state index contributed by atoms with van der Waals surface area (Å²) >= 11 is 0. The van der Waals surface area contributed by atoms with Crippen LogP contribution in [0.25, 0.3) is 0 Å². The number of amides is 1. The molecule has 11 heteroatoms. The Balaban J connectivity index is 1.43. The molecule has 0 bridgehead atoms. The molecule has 0 aliphatic rings. The molecule has 0 saturated heterocycles. The highest BCUT2D eigenvalue weighted by atomic mass is 32.2. The topological polar surface area (TPSA) is 101 Å². The van der Waals surface area contributed by atoms with Crippen molar-refractivity contribution in [3.8, 4) is 5.75 Å². The molecule has 4 aromatic carbocycles. The summed E-state index contributed by atoms with van der Waals surface area (Å²) in [4.78, 5) is 24.3. The van der Waals surface area contributed by atoms with Crippen molar-refractivity contribution in [1.82, 2.24) is 4.90 Å². The average Bonchev–Trinajstić information content (AvgIpc) is 3.00. The number of benzene rings is 4. The van der Waals surface area contributed by atoms with Crippen molar-refractivity contribution in [2.24, 2.45) is 0 Å². The van der Waals surface area contributed by atoms with E-state index in [1.165, 1.54) is 36.4 Å². The Hall–Kier alpha value is -4.64. The van der Waals surface area contributed by atoms with Crippen molar-refractivity contribution >= 4 is 21.7 Å². The molecule has 7 nitrogen and oxygen atoms in total. The normalized spacial score (nSPS) is 11.6. The number of carboxylic acid groups (broad SMARTS) is 1. The van der Waals surface area contributed by atoms with Gasteiger partial charge in [-0.05, 0) is 59.9 Å². The number of carbonyl (C=O) groups is 2. The Morgan fingerprint density at radius 1 is 0.767 bits per heavy atom. The first-order chi connectivity index (χ1) is 20.4. The molecule has 0 saturated carbocycles. The molecule has 0 radical (unpaired) electrons.